The molecule has 0 atom stereocenters. The van der Waals surface area contributed by atoms with Crippen LogP contribution in [0.2, 0.25) is 0 Å². The number of ether oxygens (including phenoxy) is 2. The molecule has 2 N–H and O–H groups in total. The lowest BCUT2D eigenvalue weighted by atomic mass is 10.1. The van der Waals surface area contributed by atoms with Crippen LogP contribution in [0.25, 0.3) is 16.2 Å². The monoisotopic (exact) mass is 289 g/mol. The van der Waals surface area contributed by atoms with E-state index >= 15 is 0 Å². The maximum absolute atomic E-state index is 5.78. The molecule has 20 heavy (non-hydrogen) atoms. The molecule has 5 nitrogen and oxygen atoms in total. The average Bonchev–Trinajstić information content (AvgIpc) is 3.07. The maximum atomic E-state index is 5.78. The van der Waals surface area contributed by atoms with E-state index in [1.165, 1.54) is 0 Å². The van der Waals surface area contributed by atoms with E-state index in [4.69, 9.17) is 15.2 Å². The Labute approximate surface area is 120 Å². The number of hydrogen-bond donors (Lipinski definition) is 1. The highest BCUT2D eigenvalue weighted by molar-refractivity contribution is 7.15. The zero-order valence-electron chi connectivity index (χ0n) is 11.3. The van der Waals surface area contributed by atoms with Gasteiger partial charge < -0.3 is 15.2 Å². The van der Waals surface area contributed by atoms with E-state index in [0.717, 1.165) is 33.4 Å². The van der Waals surface area contributed by atoms with Crippen molar-refractivity contribution < 1.29 is 9.47 Å². The maximum Gasteiger partial charge on any atom is 0.194 e. The number of methoxy groups -OCH3 is 2. The predicted molar refractivity (Wildman–Crippen MR) is 79.5 cm³/mol. The molecule has 0 unspecified atom stereocenters. The number of rotatable bonds is 4. The number of aromatic nitrogens is 2. The van der Waals surface area contributed by atoms with E-state index in [1.807, 2.05) is 24.4 Å². The number of imidazole rings is 1. The lowest BCUT2D eigenvalue weighted by molar-refractivity contribution is 0.404. The van der Waals surface area contributed by atoms with Crippen LogP contribution in [0.1, 0.15) is 5.69 Å². The summed E-state index contributed by atoms with van der Waals surface area (Å²) in [6.45, 7) is 0.442. The van der Waals surface area contributed by atoms with Crippen molar-refractivity contribution in [3.8, 4) is 22.8 Å². The molecule has 2 heterocycles. The first-order valence-corrected chi connectivity index (χ1v) is 7.02. The van der Waals surface area contributed by atoms with Gasteiger partial charge in [0.05, 0.1) is 31.8 Å². The predicted octanol–water partition coefficient (Wildman–Crippen LogP) is 2.54. The first kappa shape index (κ1) is 13.0. The van der Waals surface area contributed by atoms with Crippen molar-refractivity contribution >= 4 is 16.3 Å². The minimum absolute atomic E-state index is 0.442. The SMILES string of the molecule is COc1ccc(OC)c(-c2csc3ncc(CN)n23)c1. The summed E-state index contributed by atoms with van der Waals surface area (Å²) in [7, 11) is 3.31. The molecule has 0 aliphatic rings. The zero-order valence-corrected chi connectivity index (χ0v) is 12.1. The molecular formula is C14H15N3O2S. The van der Waals surface area contributed by atoms with Crippen molar-refractivity contribution in [2.45, 2.75) is 6.54 Å². The fraction of sp³-hybridized carbons (Fsp3) is 0.214. The summed E-state index contributed by atoms with van der Waals surface area (Å²) < 4.78 is 12.8. The summed E-state index contributed by atoms with van der Waals surface area (Å²) >= 11 is 1.58. The number of nitrogens with two attached hydrogens (primary N) is 1. The van der Waals surface area contributed by atoms with E-state index in [-0.39, 0.29) is 0 Å². The molecule has 0 bridgehead atoms. The smallest absolute Gasteiger partial charge is 0.194 e. The summed E-state index contributed by atoms with van der Waals surface area (Å²) in [4.78, 5) is 5.28. The lowest BCUT2D eigenvalue weighted by Crippen LogP contribution is -2.01. The molecule has 0 spiro atoms. The van der Waals surface area contributed by atoms with Gasteiger partial charge in [0, 0.05) is 17.5 Å². The average molecular weight is 289 g/mol. The fourth-order valence-electron chi connectivity index (χ4n) is 2.21. The standard InChI is InChI=1S/C14H15N3O2S/c1-18-10-3-4-13(19-2)11(5-10)12-8-20-14-16-7-9(6-15)17(12)14/h3-5,7-8H,6,15H2,1-2H3. The fourth-order valence-corrected chi connectivity index (χ4v) is 3.10. The molecule has 0 amide bonds. The van der Waals surface area contributed by atoms with Gasteiger partial charge in [-0.15, -0.1) is 11.3 Å². The van der Waals surface area contributed by atoms with Crippen LogP contribution in [-0.2, 0) is 6.54 Å². The van der Waals surface area contributed by atoms with E-state index in [1.54, 1.807) is 25.6 Å². The summed E-state index contributed by atoms with van der Waals surface area (Å²) in [5.41, 5.74) is 8.73. The number of fused-ring (bicyclic) bond motifs is 1. The van der Waals surface area contributed by atoms with Gasteiger partial charge in [0.1, 0.15) is 11.5 Å². The van der Waals surface area contributed by atoms with Crippen LogP contribution in [0.4, 0.5) is 0 Å². The number of thiazole rings is 1. The van der Waals surface area contributed by atoms with Crippen molar-refractivity contribution in [3.05, 3.63) is 35.5 Å². The molecule has 104 valence electrons. The van der Waals surface area contributed by atoms with Crippen molar-refractivity contribution in [2.24, 2.45) is 5.73 Å². The molecule has 1 aromatic carbocycles. The van der Waals surface area contributed by atoms with Crippen LogP contribution in [-0.4, -0.2) is 23.6 Å². The molecule has 0 radical (unpaired) electrons. The van der Waals surface area contributed by atoms with Gasteiger partial charge in [0.25, 0.3) is 0 Å². The van der Waals surface area contributed by atoms with Crippen LogP contribution in [0.5, 0.6) is 11.5 Å². The lowest BCUT2D eigenvalue weighted by Gasteiger charge is -2.10. The first-order chi connectivity index (χ1) is 9.78. The Kier molecular flexibility index (Phi) is 3.33. The van der Waals surface area contributed by atoms with Crippen LogP contribution in [0.3, 0.4) is 0 Å². The van der Waals surface area contributed by atoms with Crippen molar-refractivity contribution in [1.82, 2.24) is 9.38 Å². The Bertz CT molecular complexity index is 748. The Morgan fingerprint density at radius 3 is 2.85 bits per heavy atom. The zero-order chi connectivity index (χ0) is 14.1. The second-order valence-corrected chi connectivity index (χ2v) is 5.10. The van der Waals surface area contributed by atoms with Crippen molar-refractivity contribution in [3.63, 3.8) is 0 Å². The van der Waals surface area contributed by atoms with Crippen LogP contribution >= 0.6 is 11.3 Å². The number of nitrogens with zero attached hydrogens (tertiary/aromatic N) is 2. The van der Waals surface area contributed by atoms with Gasteiger partial charge in [-0.2, -0.15) is 0 Å². The van der Waals surface area contributed by atoms with Crippen molar-refractivity contribution in [1.29, 1.82) is 0 Å². The highest BCUT2D eigenvalue weighted by atomic mass is 32.1. The first-order valence-electron chi connectivity index (χ1n) is 6.14. The summed E-state index contributed by atoms with van der Waals surface area (Å²) in [5.74, 6) is 1.58. The molecule has 0 fully saturated rings. The molecule has 0 saturated carbocycles. The minimum atomic E-state index is 0.442. The highest BCUT2D eigenvalue weighted by Crippen LogP contribution is 2.36. The molecule has 3 aromatic rings. The molecule has 6 heteroatoms. The quantitative estimate of drug-likeness (QED) is 0.801. The second kappa shape index (κ2) is 5.15. The van der Waals surface area contributed by atoms with Crippen molar-refractivity contribution in [2.75, 3.05) is 14.2 Å². The van der Waals surface area contributed by atoms with Gasteiger partial charge in [-0.05, 0) is 18.2 Å². The van der Waals surface area contributed by atoms with Gasteiger partial charge >= 0.3 is 0 Å². The minimum Gasteiger partial charge on any atom is -0.497 e. The largest absolute Gasteiger partial charge is 0.497 e. The summed E-state index contributed by atoms with van der Waals surface area (Å²) in [5, 5.41) is 2.05. The number of benzene rings is 1. The second-order valence-electron chi connectivity index (χ2n) is 4.26. The van der Waals surface area contributed by atoms with Gasteiger partial charge in [0.2, 0.25) is 0 Å². The Hall–Kier alpha value is -2.05. The number of hydrogen-bond acceptors (Lipinski definition) is 5. The third kappa shape index (κ3) is 1.93. The molecule has 0 aliphatic heterocycles. The van der Waals surface area contributed by atoms with Crippen LogP contribution < -0.4 is 15.2 Å². The molecule has 0 saturated heterocycles. The van der Waals surface area contributed by atoms with Crippen LogP contribution in [0.15, 0.2) is 29.8 Å². The Morgan fingerprint density at radius 2 is 2.15 bits per heavy atom. The van der Waals surface area contributed by atoms with Gasteiger partial charge in [-0.1, -0.05) is 0 Å². The summed E-state index contributed by atoms with van der Waals surface area (Å²) in [6, 6.07) is 5.74. The topological polar surface area (TPSA) is 61.8 Å². The Morgan fingerprint density at radius 1 is 1.30 bits per heavy atom. The van der Waals surface area contributed by atoms with E-state index < -0.39 is 0 Å². The van der Waals surface area contributed by atoms with E-state index in [2.05, 4.69) is 14.8 Å². The Balaban J connectivity index is 2.26. The molecule has 2 aromatic heterocycles. The van der Waals surface area contributed by atoms with Crippen LogP contribution in [0, 0.1) is 0 Å². The normalized spacial score (nSPS) is 10.9. The third-order valence-electron chi connectivity index (χ3n) is 3.21. The van der Waals surface area contributed by atoms with Gasteiger partial charge in [0.15, 0.2) is 4.96 Å². The molecule has 0 aliphatic carbocycles. The van der Waals surface area contributed by atoms with Gasteiger partial charge in [-0.3, -0.25) is 4.40 Å². The molecule has 3 rings (SSSR count). The van der Waals surface area contributed by atoms with E-state index in [0.29, 0.717) is 6.54 Å². The third-order valence-corrected chi connectivity index (χ3v) is 4.05. The molecular weight excluding hydrogens is 274 g/mol. The van der Waals surface area contributed by atoms with Gasteiger partial charge in [-0.25, -0.2) is 4.98 Å². The summed E-state index contributed by atoms with van der Waals surface area (Å²) in [6.07, 6.45) is 1.81. The highest BCUT2D eigenvalue weighted by Gasteiger charge is 2.15. The van der Waals surface area contributed by atoms with E-state index in [9.17, 15) is 0 Å².